The molecule has 154 valence electrons. The number of nitrogens with one attached hydrogen (secondary N) is 2. The summed E-state index contributed by atoms with van der Waals surface area (Å²) in [6.45, 7) is 5.52. The number of aliphatic imine (C=N–C) groups is 1. The molecule has 28 heavy (non-hydrogen) atoms. The maximum atomic E-state index is 9.36. The smallest absolute Gasteiger partial charge is 0.226 e. The van der Waals surface area contributed by atoms with Gasteiger partial charge >= 0.3 is 0 Å². The van der Waals surface area contributed by atoms with Crippen molar-refractivity contribution in [3.63, 3.8) is 0 Å². The van der Waals surface area contributed by atoms with E-state index in [1.54, 1.807) is 6.26 Å². The highest BCUT2D eigenvalue weighted by molar-refractivity contribution is 14.0. The number of benzene rings is 1. The van der Waals surface area contributed by atoms with E-state index < -0.39 is 0 Å². The molecule has 7 nitrogen and oxygen atoms in total. The van der Waals surface area contributed by atoms with Gasteiger partial charge in [0.2, 0.25) is 5.89 Å². The molecule has 1 atom stereocenters. The average molecular weight is 500 g/mol. The average Bonchev–Trinajstić information content (AvgIpc) is 3.35. The third-order valence-corrected chi connectivity index (χ3v) is 4.77. The zero-order valence-electron chi connectivity index (χ0n) is 16.2. The number of halogens is 1. The molecular formula is C20H29IN4O3. The maximum Gasteiger partial charge on any atom is 0.226 e. The molecule has 0 aliphatic carbocycles. The third-order valence-electron chi connectivity index (χ3n) is 4.77. The SMILES string of the molecule is CCNC(=NCc1coc(-c2ccccc2)n1)NCC1(CCO)CCOC1.I. The molecule has 0 spiro atoms. The fourth-order valence-corrected chi connectivity index (χ4v) is 3.18. The van der Waals surface area contributed by atoms with Gasteiger partial charge in [-0.15, -0.1) is 24.0 Å². The normalized spacial score (nSPS) is 19.3. The number of aromatic nitrogens is 1. The summed E-state index contributed by atoms with van der Waals surface area (Å²) >= 11 is 0. The first-order valence-corrected chi connectivity index (χ1v) is 9.45. The highest BCUT2D eigenvalue weighted by Crippen LogP contribution is 2.31. The summed E-state index contributed by atoms with van der Waals surface area (Å²) in [4.78, 5) is 9.12. The predicted octanol–water partition coefficient (Wildman–Crippen LogP) is 2.80. The molecule has 1 aromatic carbocycles. The Labute approximate surface area is 183 Å². The number of oxazole rings is 1. The lowest BCUT2D eigenvalue weighted by molar-refractivity contribution is 0.127. The van der Waals surface area contributed by atoms with Crippen molar-refractivity contribution in [1.29, 1.82) is 0 Å². The monoisotopic (exact) mass is 500 g/mol. The van der Waals surface area contributed by atoms with Crippen molar-refractivity contribution in [2.24, 2.45) is 10.4 Å². The first kappa shape index (κ1) is 22.6. The molecule has 3 N–H and O–H groups in total. The van der Waals surface area contributed by atoms with E-state index in [9.17, 15) is 5.11 Å². The van der Waals surface area contributed by atoms with E-state index in [-0.39, 0.29) is 36.0 Å². The second-order valence-corrected chi connectivity index (χ2v) is 6.83. The molecule has 0 bridgehead atoms. The van der Waals surface area contributed by atoms with Gasteiger partial charge in [0.05, 0.1) is 13.2 Å². The van der Waals surface area contributed by atoms with Gasteiger partial charge in [0, 0.05) is 37.3 Å². The van der Waals surface area contributed by atoms with Crippen molar-refractivity contribution >= 4 is 29.9 Å². The maximum absolute atomic E-state index is 9.36. The van der Waals surface area contributed by atoms with Gasteiger partial charge < -0.3 is 24.9 Å². The summed E-state index contributed by atoms with van der Waals surface area (Å²) in [6, 6.07) is 9.81. The Morgan fingerprint density at radius 3 is 2.79 bits per heavy atom. The van der Waals surface area contributed by atoms with Crippen molar-refractivity contribution in [2.45, 2.75) is 26.3 Å². The molecule has 8 heteroatoms. The number of hydrogen-bond donors (Lipinski definition) is 3. The van der Waals surface area contributed by atoms with Crippen LogP contribution in [0.1, 0.15) is 25.5 Å². The third kappa shape index (κ3) is 6.18. The summed E-state index contributed by atoms with van der Waals surface area (Å²) in [5.74, 6) is 1.33. The minimum absolute atomic E-state index is 0. The summed E-state index contributed by atoms with van der Waals surface area (Å²) < 4.78 is 11.1. The van der Waals surface area contributed by atoms with E-state index >= 15 is 0 Å². The Bertz CT molecular complexity index is 730. The van der Waals surface area contributed by atoms with Crippen LogP contribution in [0.2, 0.25) is 0 Å². The van der Waals surface area contributed by atoms with Crippen LogP contribution in [0.5, 0.6) is 0 Å². The second kappa shape index (κ2) is 11.4. The Morgan fingerprint density at radius 2 is 2.11 bits per heavy atom. The highest BCUT2D eigenvalue weighted by Gasteiger charge is 2.34. The molecule has 1 aromatic heterocycles. The van der Waals surface area contributed by atoms with Crippen LogP contribution < -0.4 is 10.6 Å². The molecule has 0 saturated carbocycles. The van der Waals surface area contributed by atoms with Crippen LogP contribution >= 0.6 is 24.0 Å². The van der Waals surface area contributed by atoms with Crippen LogP contribution in [-0.2, 0) is 11.3 Å². The molecular weight excluding hydrogens is 471 g/mol. The Kier molecular flexibility index (Phi) is 9.20. The van der Waals surface area contributed by atoms with Crippen LogP contribution in [0, 0.1) is 5.41 Å². The van der Waals surface area contributed by atoms with Gasteiger partial charge in [-0.3, -0.25) is 0 Å². The molecule has 1 aliphatic heterocycles. The van der Waals surface area contributed by atoms with E-state index in [1.807, 2.05) is 37.3 Å². The van der Waals surface area contributed by atoms with Gasteiger partial charge in [-0.25, -0.2) is 9.98 Å². The zero-order valence-corrected chi connectivity index (χ0v) is 18.5. The van der Waals surface area contributed by atoms with E-state index in [0.717, 1.165) is 43.2 Å². The van der Waals surface area contributed by atoms with E-state index in [2.05, 4.69) is 20.6 Å². The molecule has 1 aliphatic rings. The lowest BCUT2D eigenvalue weighted by Crippen LogP contribution is -2.44. The molecule has 3 rings (SSSR count). The fraction of sp³-hybridized carbons (Fsp3) is 0.500. The second-order valence-electron chi connectivity index (χ2n) is 6.83. The van der Waals surface area contributed by atoms with Crippen LogP contribution in [0.15, 0.2) is 46.0 Å². The summed E-state index contributed by atoms with van der Waals surface area (Å²) in [6.07, 6.45) is 3.32. The van der Waals surface area contributed by atoms with Crippen molar-refractivity contribution in [3.05, 3.63) is 42.3 Å². The molecule has 1 fully saturated rings. The predicted molar refractivity (Wildman–Crippen MR) is 120 cm³/mol. The van der Waals surface area contributed by atoms with Crippen LogP contribution in [0.3, 0.4) is 0 Å². The summed E-state index contributed by atoms with van der Waals surface area (Å²) in [5.41, 5.74) is 1.70. The first-order chi connectivity index (χ1) is 13.2. The van der Waals surface area contributed by atoms with Crippen molar-refractivity contribution < 1.29 is 14.3 Å². The Hall–Kier alpha value is -1.65. The molecule has 1 unspecified atom stereocenters. The number of nitrogens with zero attached hydrogens (tertiary/aromatic N) is 2. The number of hydrogen-bond acceptors (Lipinski definition) is 5. The number of rotatable bonds is 8. The first-order valence-electron chi connectivity index (χ1n) is 9.45. The van der Waals surface area contributed by atoms with Crippen LogP contribution in [0.4, 0.5) is 0 Å². The van der Waals surface area contributed by atoms with Crippen LogP contribution in [-0.4, -0.2) is 49.0 Å². The van der Waals surface area contributed by atoms with Crippen molar-refractivity contribution in [1.82, 2.24) is 15.6 Å². The standard InChI is InChI=1S/C20H28N4O3.HI/c1-2-21-19(23-14-20(8-10-25)9-11-26-15-20)22-12-17-13-27-18(24-17)16-6-4-3-5-7-16;/h3-7,13,25H,2,8-12,14-15H2,1H3,(H2,21,22,23);1H. The van der Waals surface area contributed by atoms with E-state index in [4.69, 9.17) is 9.15 Å². The fourth-order valence-electron chi connectivity index (χ4n) is 3.18. The van der Waals surface area contributed by atoms with Crippen LogP contribution in [0.25, 0.3) is 11.5 Å². The van der Waals surface area contributed by atoms with Gasteiger partial charge in [0.25, 0.3) is 0 Å². The molecule has 0 amide bonds. The summed E-state index contributed by atoms with van der Waals surface area (Å²) in [5, 5.41) is 16.0. The molecule has 2 aromatic rings. The topological polar surface area (TPSA) is 91.9 Å². The van der Waals surface area contributed by atoms with Gasteiger partial charge in [-0.1, -0.05) is 18.2 Å². The van der Waals surface area contributed by atoms with Crippen molar-refractivity contribution in [2.75, 3.05) is 32.9 Å². The Morgan fingerprint density at radius 1 is 1.29 bits per heavy atom. The number of ether oxygens (including phenoxy) is 1. The lowest BCUT2D eigenvalue weighted by atomic mass is 9.84. The number of aliphatic hydroxyl groups excluding tert-OH is 1. The van der Waals surface area contributed by atoms with E-state index in [1.165, 1.54) is 0 Å². The minimum Gasteiger partial charge on any atom is -0.444 e. The molecule has 0 radical (unpaired) electrons. The quantitative estimate of drug-likeness (QED) is 0.294. The molecule has 2 heterocycles. The van der Waals surface area contributed by atoms with E-state index in [0.29, 0.717) is 25.6 Å². The van der Waals surface area contributed by atoms with Gasteiger partial charge in [0.1, 0.15) is 12.0 Å². The zero-order chi connectivity index (χ0) is 19.0. The minimum atomic E-state index is -0.0285. The van der Waals surface area contributed by atoms with Gasteiger partial charge in [0.15, 0.2) is 5.96 Å². The number of aliphatic hydroxyl groups is 1. The number of guanidine groups is 1. The van der Waals surface area contributed by atoms with Crippen molar-refractivity contribution in [3.8, 4) is 11.5 Å². The Balaban J connectivity index is 0.00000280. The molecule has 1 saturated heterocycles. The highest BCUT2D eigenvalue weighted by atomic mass is 127. The van der Waals surface area contributed by atoms with Gasteiger partial charge in [-0.2, -0.15) is 0 Å². The largest absolute Gasteiger partial charge is 0.444 e. The lowest BCUT2D eigenvalue weighted by Gasteiger charge is -2.27. The summed E-state index contributed by atoms with van der Waals surface area (Å²) in [7, 11) is 0. The van der Waals surface area contributed by atoms with Gasteiger partial charge in [-0.05, 0) is 31.9 Å².